The molecule has 0 saturated heterocycles. The van der Waals surface area contributed by atoms with Crippen molar-refractivity contribution < 1.29 is 4.39 Å². The molecule has 2 N–H and O–H groups in total. The van der Waals surface area contributed by atoms with Gasteiger partial charge in [0.2, 0.25) is 0 Å². The molecule has 4 heteroatoms. The Hall–Kier alpha value is -1.39. The van der Waals surface area contributed by atoms with E-state index in [-0.39, 0.29) is 11.9 Å². The SMILES string of the molecule is Cc1cc(N(Cc2cccs2)C2CC2)c([C@@H](C)N)cc1F. The molecule has 1 atom stereocenters. The van der Waals surface area contributed by atoms with E-state index in [1.807, 2.05) is 19.9 Å². The zero-order chi connectivity index (χ0) is 15.0. The van der Waals surface area contributed by atoms with Crippen LogP contribution in [0, 0.1) is 12.7 Å². The molecule has 112 valence electrons. The van der Waals surface area contributed by atoms with Gasteiger partial charge in [0, 0.05) is 22.6 Å². The second kappa shape index (κ2) is 5.78. The normalized spacial score (nSPS) is 16.0. The first-order chi connectivity index (χ1) is 10.1. The standard InChI is InChI=1S/C17H21FN2S/c1-11-8-17(15(12(2)19)9-16(11)18)20(13-5-6-13)10-14-4-3-7-21-14/h3-4,7-9,12-13H,5-6,10,19H2,1-2H3/t12-/m1/s1. The van der Waals surface area contributed by atoms with E-state index >= 15 is 0 Å². The van der Waals surface area contributed by atoms with Crippen molar-refractivity contribution in [2.75, 3.05) is 4.90 Å². The third-order valence-electron chi connectivity index (χ3n) is 4.00. The van der Waals surface area contributed by atoms with Crippen LogP contribution < -0.4 is 10.6 Å². The maximum Gasteiger partial charge on any atom is 0.126 e. The van der Waals surface area contributed by atoms with Gasteiger partial charge in [-0.1, -0.05) is 6.07 Å². The number of nitrogens with two attached hydrogens (primary N) is 1. The number of aryl methyl sites for hydroxylation is 1. The molecule has 2 nitrogen and oxygen atoms in total. The summed E-state index contributed by atoms with van der Waals surface area (Å²) in [6.07, 6.45) is 2.42. The molecule has 1 fully saturated rings. The first kappa shape index (κ1) is 14.5. The van der Waals surface area contributed by atoms with E-state index in [0.29, 0.717) is 11.6 Å². The summed E-state index contributed by atoms with van der Waals surface area (Å²) in [6, 6.07) is 8.20. The van der Waals surface area contributed by atoms with Gasteiger partial charge in [0.05, 0.1) is 6.54 Å². The van der Waals surface area contributed by atoms with Gasteiger partial charge in [-0.3, -0.25) is 0 Å². The maximum atomic E-state index is 13.9. The van der Waals surface area contributed by atoms with Crippen molar-refractivity contribution >= 4 is 17.0 Å². The predicted octanol–water partition coefficient (Wildman–Crippen LogP) is 4.38. The number of benzene rings is 1. The lowest BCUT2D eigenvalue weighted by molar-refractivity contribution is 0.611. The van der Waals surface area contributed by atoms with Crippen molar-refractivity contribution in [1.82, 2.24) is 0 Å². The predicted molar refractivity (Wildman–Crippen MR) is 87.3 cm³/mol. The Morgan fingerprint density at radius 2 is 2.19 bits per heavy atom. The molecule has 0 unspecified atom stereocenters. The summed E-state index contributed by atoms with van der Waals surface area (Å²) in [4.78, 5) is 3.73. The number of nitrogens with zero attached hydrogens (tertiary/aromatic N) is 1. The summed E-state index contributed by atoms with van der Waals surface area (Å²) < 4.78 is 13.9. The number of thiophene rings is 1. The van der Waals surface area contributed by atoms with E-state index in [1.54, 1.807) is 17.4 Å². The molecule has 21 heavy (non-hydrogen) atoms. The van der Waals surface area contributed by atoms with Crippen molar-refractivity contribution in [3.8, 4) is 0 Å². The minimum absolute atomic E-state index is 0.167. The van der Waals surface area contributed by atoms with Crippen LogP contribution in [-0.4, -0.2) is 6.04 Å². The molecule has 1 saturated carbocycles. The molecule has 0 amide bonds. The third kappa shape index (κ3) is 3.11. The Balaban J connectivity index is 2.00. The van der Waals surface area contributed by atoms with Crippen LogP contribution in [-0.2, 0) is 6.54 Å². The quantitative estimate of drug-likeness (QED) is 0.888. The van der Waals surface area contributed by atoms with Crippen LogP contribution in [0.3, 0.4) is 0 Å². The smallest absolute Gasteiger partial charge is 0.126 e. The largest absolute Gasteiger partial charge is 0.363 e. The van der Waals surface area contributed by atoms with Crippen LogP contribution in [0.5, 0.6) is 0 Å². The Morgan fingerprint density at radius 1 is 1.43 bits per heavy atom. The second-order valence-corrected chi connectivity index (χ2v) is 6.92. The molecule has 3 rings (SSSR count). The minimum Gasteiger partial charge on any atom is -0.363 e. The summed E-state index contributed by atoms with van der Waals surface area (Å²) in [7, 11) is 0. The number of hydrogen-bond acceptors (Lipinski definition) is 3. The summed E-state index contributed by atoms with van der Waals surface area (Å²) in [5, 5.41) is 2.10. The molecule has 0 bridgehead atoms. The third-order valence-corrected chi connectivity index (χ3v) is 4.86. The first-order valence-electron chi connectivity index (χ1n) is 7.41. The molecule has 0 spiro atoms. The highest BCUT2D eigenvalue weighted by atomic mass is 32.1. The highest BCUT2D eigenvalue weighted by Crippen LogP contribution is 2.38. The van der Waals surface area contributed by atoms with Crippen molar-refractivity contribution in [3.05, 3.63) is 51.5 Å². The highest BCUT2D eigenvalue weighted by Gasteiger charge is 2.31. The molecule has 1 heterocycles. The first-order valence-corrected chi connectivity index (χ1v) is 8.29. The van der Waals surface area contributed by atoms with Gasteiger partial charge in [-0.25, -0.2) is 4.39 Å². The van der Waals surface area contributed by atoms with Crippen LogP contribution in [0.15, 0.2) is 29.6 Å². The highest BCUT2D eigenvalue weighted by molar-refractivity contribution is 7.09. The fourth-order valence-electron chi connectivity index (χ4n) is 2.66. The summed E-state index contributed by atoms with van der Waals surface area (Å²) in [5.41, 5.74) is 8.76. The summed E-state index contributed by atoms with van der Waals surface area (Å²) in [6.45, 7) is 4.62. The van der Waals surface area contributed by atoms with E-state index < -0.39 is 0 Å². The van der Waals surface area contributed by atoms with Crippen LogP contribution >= 0.6 is 11.3 Å². The van der Waals surface area contributed by atoms with Gasteiger partial charge < -0.3 is 10.6 Å². The molecule has 1 aliphatic rings. The maximum absolute atomic E-state index is 13.9. The number of hydrogen-bond donors (Lipinski definition) is 1. The molecule has 1 aromatic carbocycles. The van der Waals surface area contributed by atoms with Gasteiger partial charge in [-0.15, -0.1) is 11.3 Å². The van der Waals surface area contributed by atoms with Crippen LogP contribution in [0.25, 0.3) is 0 Å². The van der Waals surface area contributed by atoms with Crippen LogP contribution in [0.2, 0.25) is 0 Å². The van der Waals surface area contributed by atoms with E-state index in [9.17, 15) is 4.39 Å². The van der Waals surface area contributed by atoms with E-state index in [2.05, 4.69) is 22.4 Å². The van der Waals surface area contributed by atoms with Gasteiger partial charge in [-0.2, -0.15) is 0 Å². The molecule has 0 aliphatic heterocycles. The summed E-state index contributed by atoms with van der Waals surface area (Å²) >= 11 is 1.77. The van der Waals surface area contributed by atoms with E-state index in [1.165, 1.54) is 17.7 Å². The van der Waals surface area contributed by atoms with Gasteiger partial charge in [0.1, 0.15) is 5.82 Å². The fraction of sp³-hybridized carbons (Fsp3) is 0.412. The topological polar surface area (TPSA) is 29.3 Å². The van der Waals surface area contributed by atoms with E-state index in [0.717, 1.165) is 17.8 Å². The van der Waals surface area contributed by atoms with Crippen molar-refractivity contribution in [2.45, 2.75) is 45.3 Å². The second-order valence-electron chi connectivity index (χ2n) is 5.89. The Morgan fingerprint density at radius 3 is 2.76 bits per heavy atom. The van der Waals surface area contributed by atoms with Gasteiger partial charge in [0.15, 0.2) is 0 Å². The molecule has 2 aromatic rings. The van der Waals surface area contributed by atoms with Crippen molar-refractivity contribution in [1.29, 1.82) is 0 Å². The van der Waals surface area contributed by atoms with Gasteiger partial charge in [-0.05, 0) is 61.4 Å². The minimum atomic E-state index is -0.169. The number of anilines is 1. The zero-order valence-electron chi connectivity index (χ0n) is 12.5. The molecular weight excluding hydrogens is 283 g/mol. The van der Waals surface area contributed by atoms with Crippen LogP contribution in [0.1, 0.15) is 41.8 Å². The molecule has 0 radical (unpaired) electrons. The summed E-state index contributed by atoms with van der Waals surface area (Å²) in [5.74, 6) is -0.169. The lowest BCUT2D eigenvalue weighted by Gasteiger charge is -2.28. The molecule has 1 aromatic heterocycles. The van der Waals surface area contributed by atoms with Gasteiger partial charge >= 0.3 is 0 Å². The molecule has 1 aliphatic carbocycles. The average molecular weight is 304 g/mol. The Kier molecular flexibility index (Phi) is 4.00. The van der Waals surface area contributed by atoms with E-state index in [4.69, 9.17) is 5.73 Å². The molecular formula is C17H21FN2S. The monoisotopic (exact) mass is 304 g/mol. The van der Waals surface area contributed by atoms with Crippen LogP contribution in [0.4, 0.5) is 10.1 Å². The number of rotatable bonds is 5. The van der Waals surface area contributed by atoms with Crippen molar-refractivity contribution in [3.63, 3.8) is 0 Å². The Labute approximate surface area is 129 Å². The number of halogens is 1. The van der Waals surface area contributed by atoms with Crippen molar-refractivity contribution in [2.24, 2.45) is 5.73 Å². The van der Waals surface area contributed by atoms with Gasteiger partial charge in [0.25, 0.3) is 0 Å². The lowest BCUT2D eigenvalue weighted by atomic mass is 10.0. The Bertz CT molecular complexity index is 618. The lowest BCUT2D eigenvalue weighted by Crippen LogP contribution is -2.27. The fourth-order valence-corrected chi connectivity index (χ4v) is 3.37. The zero-order valence-corrected chi connectivity index (χ0v) is 13.3. The average Bonchev–Trinajstić information content (AvgIpc) is 3.15.